The van der Waals surface area contributed by atoms with E-state index in [4.69, 9.17) is 0 Å². The molecule has 0 N–H and O–H groups in total. The molecule has 0 aliphatic heterocycles. The number of alkyl halides is 3. The van der Waals surface area contributed by atoms with Crippen molar-refractivity contribution in [1.82, 2.24) is 4.98 Å². The van der Waals surface area contributed by atoms with Crippen molar-refractivity contribution in [3.63, 3.8) is 0 Å². The first kappa shape index (κ1) is 18.1. The van der Waals surface area contributed by atoms with Crippen LogP contribution in [-0.2, 0) is 12.8 Å². The van der Waals surface area contributed by atoms with Gasteiger partial charge in [-0.15, -0.1) is 13.2 Å². The first-order valence-electron chi connectivity index (χ1n) is 9.54. The lowest BCUT2D eigenvalue weighted by molar-refractivity contribution is -0.276. The second-order valence-electron chi connectivity index (χ2n) is 7.44. The van der Waals surface area contributed by atoms with Crippen LogP contribution in [0.2, 0.25) is 0 Å². The normalized spacial score (nSPS) is 16.8. The molecule has 0 fully saturated rings. The van der Waals surface area contributed by atoms with Gasteiger partial charge in [0, 0.05) is 11.5 Å². The Morgan fingerprint density at radius 2 is 1.78 bits per heavy atom. The molecule has 4 rings (SSSR count). The fourth-order valence-electron chi connectivity index (χ4n) is 4.20. The van der Waals surface area contributed by atoms with E-state index < -0.39 is 12.2 Å². The third-order valence-corrected chi connectivity index (χ3v) is 5.44. The lowest BCUT2D eigenvalue weighted by Gasteiger charge is -2.10. The van der Waals surface area contributed by atoms with Crippen molar-refractivity contribution in [2.75, 3.05) is 0 Å². The summed E-state index contributed by atoms with van der Waals surface area (Å²) in [7, 11) is 0. The Kier molecular flexibility index (Phi) is 4.70. The smallest absolute Gasteiger partial charge is 0.388 e. The van der Waals surface area contributed by atoms with Crippen LogP contribution in [0, 0.1) is 5.92 Å². The average Bonchev–Trinajstić information content (AvgIpc) is 3.00. The van der Waals surface area contributed by atoms with Crippen molar-refractivity contribution in [3.8, 4) is 5.88 Å². The third kappa shape index (κ3) is 3.87. The Morgan fingerprint density at radius 1 is 1.00 bits per heavy atom. The van der Waals surface area contributed by atoms with Crippen molar-refractivity contribution in [3.05, 3.63) is 47.5 Å². The highest BCUT2D eigenvalue weighted by molar-refractivity contribution is 6.06. The van der Waals surface area contributed by atoms with E-state index in [1.54, 1.807) is 12.1 Å². The molecule has 3 aromatic rings. The Hall–Kier alpha value is -2.30. The van der Waals surface area contributed by atoms with Gasteiger partial charge in [0.2, 0.25) is 5.88 Å². The number of nitrogens with zero attached hydrogens (tertiary/aromatic N) is 1. The zero-order chi connectivity index (χ0) is 19.0. The van der Waals surface area contributed by atoms with Crippen LogP contribution in [0.1, 0.15) is 43.7 Å². The van der Waals surface area contributed by atoms with E-state index in [-0.39, 0.29) is 0 Å². The van der Waals surface area contributed by atoms with Gasteiger partial charge in [-0.2, -0.15) is 0 Å². The van der Waals surface area contributed by atoms with Crippen LogP contribution < -0.4 is 4.74 Å². The van der Waals surface area contributed by atoms with E-state index >= 15 is 0 Å². The first-order chi connectivity index (χ1) is 12.9. The van der Waals surface area contributed by atoms with Gasteiger partial charge in [0.15, 0.2) is 0 Å². The largest absolute Gasteiger partial charge is 0.574 e. The predicted molar refractivity (Wildman–Crippen MR) is 101 cm³/mol. The quantitative estimate of drug-likeness (QED) is 0.372. The maximum atomic E-state index is 12.4. The number of fused-ring (bicyclic) bond motifs is 4. The fraction of sp³-hybridized carbons (Fsp3) is 0.409. The molecule has 1 heterocycles. The van der Waals surface area contributed by atoms with E-state index in [2.05, 4.69) is 28.8 Å². The number of ether oxygens (including phenoxy) is 1. The maximum absolute atomic E-state index is 12.4. The van der Waals surface area contributed by atoms with Crippen LogP contribution >= 0.6 is 0 Å². The van der Waals surface area contributed by atoms with E-state index in [9.17, 15) is 13.2 Å². The Morgan fingerprint density at radius 3 is 2.52 bits per heavy atom. The monoisotopic (exact) mass is 373 g/mol. The number of benzene rings is 2. The highest BCUT2D eigenvalue weighted by Crippen LogP contribution is 2.36. The number of halogens is 3. The summed E-state index contributed by atoms with van der Waals surface area (Å²) in [6, 6.07) is 11.1. The summed E-state index contributed by atoms with van der Waals surface area (Å²) in [4.78, 5) is 4.03. The standard InChI is InChI=1S/C22H22F3NO/c1-2-3-4-5-14-10-16-12-15-6-8-20-18(19(15)13-17(16)11-14)7-9-21(26-20)27-22(23,24)25/h6-9,12-14H,2-5,10-11H2,1H3. The summed E-state index contributed by atoms with van der Waals surface area (Å²) in [5.41, 5.74) is 3.29. The molecule has 0 saturated heterocycles. The van der Waals surface area contributed by atoms with Gasteiger partial charge in [-0.1, -0.05) is 44.4 Å². The topological polar surface area (TPSA) is 22.1 Å². The molecule has 0 bridgehead atoms. The van der Waals surface area contributed by atoms with Crippen molar-refractivity contribution in [2.45, 2.75) is 51.8 Å². The first-order valence-corrected chi connectivity index (χ1v) is 9.54. The molecular formula is C22H22F3NO. The molecule has 27 heavy (non-hydrogen) atoms. The number of pyridine rings is 1. The number of aromatic nitrogens is 1. The Bertz CT molecular complexity index is 981. The fourth-order valence-corrected chi connectivity index (χ4v) is 4.20. The summed E-state index contributed by atoms with van der Waals surface area (Å²) >= 11 is 0. The molecule has 1 aromatic heterocycles. The number of unbranched alkanes of at least 4 members (excludes halogenated alkanes) is 2. The van der Waals surface area contributed by atoms with E-state index in [0.29, 0.717) is 11.4 Å². The van der Waals surface area contributed by atoms with Gasteiger partial charge < -0.3 is 4.74 Å². The second kappa shape index (κ2) is 7.02. The van der Waals surface area contributed by atoms with Crippen LogP contribution in [0.25, 0.3) is 21.7 Å². The summed E-state index contributed by atoms with van der Waals surface area (Å²) in [5.74, 6) is 0.283. The molecule has 0 amide bonds. The van der Waals surface area contributed by atoms with Crippen LogP contribution in [0.3, 0.4) is 0 Å². The van der Waals surface area contributed by atoms with Crippen molar-refractivity contribution in [1.29, 1.82) is 0 Å². The van der Waals surface area contributed by atoms with Gasteiger partial charge >= 0.3 is 6.36 Å². The molecule has 5 heteroatoms. The molecule has 1 unspecified atom stereocenters. The van der Waals surface area contributed by atoms with Crippen molar-refractivity contribution >= 4 is 21.7 Å². The van der Waals surface area contributed by atoms with E-state index in [1.807, 2.05) is 6.07 Å². The zero-order valence-corrected chi connectivity index (χ0v) is 15.3. The number of rotatable bonds is 5. The van der Waals surface area contributed by atoms with Crippen LogP contribution in [0.4, 0.5) is 13.2 Å². The Balaban J connectivity index is 1.66. The summed E-state index contributed by atoms with van der Waals surface area (Å²) < 4.78 is 41.2. The molecule has 0 saturated carbocycles. The molecule has 0 radical (unpaired) electrons. The average molecular weight is 373 g/mol. The van der Waals surface area contributed by atoms with Crippen molar-refractivity contribution < 1.29 is 17.9 Å². The lowest BCUT2D eigenvalue weighted by Crippen LogP contribution is -2.17. The van der Waals surface area contributed by atoms with Gasteiger partial charge in [-0.3, -0.25) is 0 Å². The van der Waals surface area contributed by atoms with Crippen LogP contribution in [-0.4, -0.2) is 11.3 Å². The molecule has 2 nitrogen and oxygen atoms in total. The molecule has 0 spiro atoms. The maximum Gasteiger partial charge on any atom is 0.574 e. The van der Waals surface area contributed by atoms with E-state index in [0.717, 1.165) is 29.0 Å². The number of hydrogen-bond donors (Lipinski definition) is 0. The van der Waals surface area contributed by atoms with Gasteiger partial charge in [-0.25, -0.2) is 4.98 Å². The zero-order valence-electron chi connectivity index (χ0n) is 15.3. The van der Waals surface area contributed by atoms with Gasteiger partial charge in [0.1, 0.15) is 0 Å². The highest BCUT2D eigenvalue weighted by atomic mass is 19.4. The van der Waals surface area contributed by atoms with Gasteiger partial charge in [-0.05, 0) is 59.2 Å². The highest BCUT2D eigenvalue weighted by Gasteiger charge is 2.31. The summed E-state index contributed by atoms with van der Waals surface area (Å²) in [6.07, 6.45) is 2.56. The summed E-state index contributed by atoms with van der Waals surface area (Å²) in [6.45, 7) is 2.22. The third-order valence-electron chi connectivity index (χ3n) is 5.44. The second-order valence-corrected chi connectivity index (χ2v) is 7.44. The number of hydrogen-bond acceptors (Lipinski definition) is 2. The lowest BCUT2D eigenvalue weighted by atomic mass is 9.98. The van der Waals surface area contributed by atoms with E-state index in [1.165, 1.54) is 42.9 Å². The van der Waals surface area contributed by atoms with Gasteiger partial charge in [0.05, 0.1) is 5.52 Å². The van der Waals surface area contributed by atoms with Crippen LogP contribution in [0.5, 0.6) is 5.88 Å². The Labute approximate surface area is 156 Å². The minimum absolute atomic E-state index is 0.425. The molecule has 142 valence electrons. The van der Waals surface area contributed by atoms with Gasteiger partial charge in [0.25, 0.3) is 0 Å². The predicted octanol–water partition coefficient (Wildman–Crippen LogP) is 6.58. The van der Waals surface area contributed by atoms with Crippen LogP contribution in [0.15, 0.2) is 36.4 Å². The van der Waals surface area contributed by atoms with Crippen molar-refractivity contribution in [2.24, 2.45) is 5.92 Å². The minimum atomic E-state index is -4.73. The summed E-state index contributed by atoms with van der Waals surface area (Å²) in [5, 5.41) is 3.02. The molecule has 1 atom stereocenters. The molecular weight excluding hydrogens is 351 g/mol. The molecule has 1 aliphatic rings. The minimum Gasteiger partial charge on any atom is -0.388 e. The molecule has 1 aliphatic carbocycles. The molecule has 2 aromatic carbocycles. The SMILES string of the molecule is CCCCCC1Cc2cc3ccc4nc(OC(F)(F)F)ccc4c3cc2C1.